The Morgan fingerprint density at radius 2 is 1.80 bits per heavy atom. The van der Waals surface area contributed by atoms with Crippen LogP contribution >= 0.6 is 0 Å². The lowest BCUT2D eigenvalue weighted by Gasteiger charge is -2.38. The topological polar surface area (TPSA) is 129 Å². The van der Waals surface area contributed by atoms with Gasteiger partial charge in [-0.3, -0.25) is 9.48 Å². The van der Waals surface area contributed by atoms with Crippen LogP contribution in [0.15, 0.2) is 65.8 Å². The van der Waals surface area contributed by atoms with E-state index < -0.39 is 10.0 Å². The minimum absolute atomic E-state index is 0.00867. The van der Waals surface area contributed by atoms with E-state index in [-0.39, 0.29) is 28.7 Å². The van der Waals surface area contributed by atoms with Crippen LogP contribution in [0.2, 0.25) is 0 Å². The van der Waals surface area contributed by atoms with Gasteiger partial charge >= 0.3 is 0 Å². The smallest absolute Gasteiger partial charge is 0.267 e. The minimum Gasteiger partial charge on any atom is -0.497 e. The zero-order chi connectivity index (χ0) is 29.1. The summed E-state index contributed by atoms with van der Waals surface area (Å²) in [4.78, 5) is 23.3. The van der Waals surface area contributed by atoms with Crippen LogP contribution in [0.1, 0.15) is 23.1 Å². The van der Waals surface area contributed by atoms with Crippen molar-refractivity contribution in [3.05, 3.63) is 77.6 Å². The summed E-state index contributed by atoms with van der Waals surface area (Å²) in [6.45, 7) is 4.75. The fraction of sp³-hybridized carbons (Fsp3) is 0.310. The number of aromatic nitrogens is 4. The normalized spacial score (nSPS) is 13.5. The number of anilines is 1. The number of nitrogens with one attached hydrogen (secondary N) is 1. The third-order valence-electron chi connectivity index (χ3n) is 6.91. The number of carbonyl (C=O) groups excluding carboxylic acids is 1. The van der Waals surface area contributed by atoms with E-state index in [4.69, 9.17) is 9.47 Å². The quantitative estimate of drug-likeness (QED) is 0.304. The fourth-order valence-electron chi connectivity index (χ4n) is 4.72. The summed E-state index contributed by atoms with van der Waals surface area (Å²) in [7, 11) is -0.726. The zero-order valence-corrected chi connectivity index (χ0v) is 24.2. The van der Waals surface area contributed by atoms with Crippen LogP contribution in [0.25, 0.3) is 11.3 Å². The van der Waals surface area contributed by atoms with Crippen molar-refractivity contribution in [3.8, 4) is 22.9 Å². The third kappa shape index (κ3) is 6.49. The van der Waals surface area contributed by atoms with E-state index in [1.807, 2.05) is 56.3 Å². The molecule has 11 nitrogen and oxygen atoms in total. The number of ether oxygens (including phenoxy) is 2. The number of benzene rings is 2. The summed E-state index contributed by atoms with van der Waals surface area (Å²) >= 11 is 0. The number of hydrogen-bond acceptors (Lipinski definition) is 8. The highest BCUT2D eigenvalue weighted by Crippen LogP contribution is 2.30. The van der Waals surface area contributed by atoms with Crippen LogP contribution in [0, 0.1) is 13.8 Å². The van der Waals surface area contributed by atoms with Gasteiger partial charge in [0.05, 0.1) is 32.1 Å². The van der Waals surface area contributed by atoms with Gasteiger partial charge in [-0.05, 0) is 49.1 Å². The molecule has 0 aliphatic carbocycles. The number of carbonyl (C=O) groups is 1. The summed E-state index contributed by atoms with van der Waals surface area (Å²) < 4.78 is 41.2. The van der Waals surface area contributed by atoms with Gasteiger partial charge in [0, 0.05) is 31.3 Å². The molecule has 0 spiro atoms. The van der Waals surface area contributed by atoms with Gasteiger partial charge in [0.15, 0.2) is 0 Å². The summed E-state index contributed by atoms with van der Waals surface area (Å²) in [6.07, 6.45) is 3.36. The molecule has 1 amide bonds. The first-order valence-corrected chi connectivity index (χ1v) is 14.6. The number of likely N-dealkylation sites (tertiary alicyclic amines) is 1. The van der Waals surface area contributed by atoms with Crippen LogP contribution in [0.5, 0.6) is 11.6 Å². The van der Waals surface area contributed by atoms with Gasteiger partial charge in [0.25, 0.3) is 10.0 Å². The molecule has 0 saturated carbocycles. The zero-order valence-electron chi connectivity index (χ0n) is 23.4. The molecule has 1 aliphatic heterocycles. The Morgan fingerprint density at radius 3 is 2.49 bits per heavy atom. The number of aryl methyl sites for hydroxylation is 4. The molecule has 2 aromatic carbocycles. The van der Waals surface area contributed by atoms with E-state index in [0.717, 1.165) is 28.0 Å². The number of hydrogen-bond donors (Lipinski definition) is 1. The fourth-order valence-corrected chi connectivity index (χ4v) is 5.65. The number of rotatable bonds is 10. The van der Waals surface area contributed by atoms with Crippen LogP contribution in [0.4, 0.5) is 5.95 Å². The van der Waals surface area contributed by atoms with Crippen molar-refractivity contribution in [2.24, 2.45) is 7.05 Å². The van der Waals surface area contributed by atoms with E-state index in [1.54, 1.807) is 25.1 Å². The maximum Gasteiger partial charge on any atom is 0.267 e. The van der Waals surface area contributed by atoms with Crippen LogP contribution < -0.4 is 14.2 Å². The summed E-state index contributed by atoms with van der Waals surface area (Å²) in [5.41, 5.74) is 4.39. The van der Waals surface area contributed by atoms with Crippen LogP contribution in [-0.2, 0) is 28.3 Å². The van der Waals surface area contributed by atoms with Gasteiger partial charge in [0.2, 0.25) is 17.7 Å². The first kappa shape index (κ1) is 28.1. The molecule has 4 aromatic rings. The van der Waals surface area contributed by atoms with Gasteiger partial charge < -0.3 is 14.4 Å². The number of nitrogens with zero attached hydrogens (tertiary/aromatic N) is 5. The average molecular weight is 577 g/mol. The SMILES string of the molecule is COc1cccc(CCC(=O)N2CC(Oc3cc(-c4c(C)cccc4C)nc(NS(=O)(=O)c4cnn(C)c4)n3)C2)c1. The molecule has 0 radical (unpaired) electrons. The standard InChI is InChI=1S/C29H32N6O5S/c1-19-7-5-8-20(2)28(19)25-14-26(32-29(31-25)33-41(37,38)24-15-30-34(3)18-24)40-23-16-35(17-23)27(36)12-11-21-9-6-10-22(13-21)39-4/h5-10,13-15,18,23H,11-12,16-17H2,1-4H3,(H,31,32,33). The monoisotopic (exact) mass is 576 g/mol. The molecular weight excluding hydrogens is 544 g/mol. The second-order valence-electron chi connectivity index (χ2n) is 10.0. The van der Waals surface area contributed by atoms with Crippen molar-refractivity contribution in [1.29, 1.82) is 0 Å². The Kier molecular flexibility index (Phi) is 7.93. The van der Waals surface area contributed by atoms with Gasteiger partial charge in [-0.2, -0.15) is 10.1 Å². The van der Waals surface area contributed by atoms with Crippen molar-refractivity contribution >= 4 is 21.9 Å². The molecule has 1 saturated heterocycles. The van der Waals surface area contributed by atoms with Crippen molar-refractivity contribution in [3.63, 3.8) is 0 Å². The highest BCUT2D eigenvalue weighted by atomic mass is 32.2. The largest absolute Gasteiger partial charge is 0.497 e. The minimum atomic E-state index is -3.98. The Bertz CT molecular complexity index is 1660. The second-order valence-corrected chi connectivity index (χ2v) is 11.7. The Morgan fingerprint density at radius 1 is 1.07 bits per heavy atom. The van der Waals surface area contributed by atoms with Gasteiger partial charge in [-0.15, -0.1) is 0 Å². The molecule has 3 heterocycles. The predicted octanol–water partition coefficient (Wildman–Crippen LogP) is 3.53. The average Bonchev–Trinajstić information content (AvgIpc) is 3.36. The van der Waals surface area contributed by atoms with Gasteiger partial charge in [0.1, 0.15) is 16.7 Å². The van der Waals surface area contributed by atoms with E-state index in [2.05, 4.69) is 19.8 Å². The highest BCUT2D eigenvalue weighted by molar-refractivity contribution is 7.92. The Labute approximate surface area is 239 Å². The molecule has 5 rings (SSSR count). The molecular formula is C29H32N6O5S. The first-order valence-electron chi connectivity index (χ1n) is 13.2. The van der Waals surface area contributed by atoms with E-state index in [1.165, 1.54) is 17.1 Å². The number of amides is 1. The second kappa shape index (κ2) is 11.6. The molecule has 214 valence electrons. The molecule has 0 unspecified atom stereocenters. The van der Waals surface area contributed by atoms with Crippen molar-refractivity contribution in [2.75, 3.05) is 24.9 Å². The lowest BCUT2D eigenvalue weighted by molar-refractivity contribution is -0.140. The summed E-state index contributed by atoms with van der Waals surface area (Å²) in [5.74, 6) is 0.903. The Hall–Kier alpha value is -4.45. The summed E-state index contributed by atoms with van der Waals surface area (Å²) in [5, 5.41) is 3.94. The van der Waals surface area contributed by atoms with Crippen molar-refractivity contribution in [2.45, 2.75) is 37.7 Å². The van der Waals surface area contributed by atoms with Crippen LogP contribution in [-0.4, -0.2) is 65.3 Å². The number of methoxy groups -OCH3 is 1. The maximum atomic E-state index is 13.0. The van der Waals surface area contributed by atoms with Gasteiger partial charge in [-0.25, -0.2) is 18.1 Å². The van der Waals surface area contributed by atoms with Gasteiger partial charge in [-0.1, -0.05) is 30.3 Å². The lowest BCUT2D eigenvalue weighted by Crippen LogP contribution is -2.56. The Balaban J connectivity index is 1.30. The van der Waals surface area contributed by atoms with E-state index in [9.17, 15) is 13.2 Å². The molecule has 12 heteroatoms. The molecule has 1 N–H and O–H groups in total. The molecule has 0 bridgehead atoms. The maximum absolute atomic E-state index is 13.0. The first-order chi connectivity index (χ1) is 19.6. The molecule has 41 heavy (non-hydrogen) atoms. The van der Waals surface area contributed by atoms with Crippen LogP contribution in [0.3, 0.4) is 0 Å². The van der Waals surface area contributed by atoms with Crippen molar-refractivity contribution < 1.29 is 22.7 Å². The lowest BCUT2D eigenvalue weighted by atomic mass is 10.00. The molecule has 1 aliphatic rings. The predicted molar refractivity (Wildman–Crippen MR) is 153 cm³/mol. The van der Waals surface area contributed by atoms with Crippen molar-refractivity contribution in [1.82, 2.24) is 24.6 Å². The molecule has 0 atom stereocenters. The highest BCUT2D eigenvalue weighted by Gasteiger charge is 2.32. The third-order valence-corrected chi connectivity index (χ3v) is 8.19. The molecule has 1 fully saturated rings. The number of sulfonamides is 1. The van der Waals surface area contributed by atoms with E-state index >= 15 is 0 Å². The van der Waals surface area contributed by atoms with E-state index in [0.29, 0.717) is 31.6 Å². The summed E-state index contributed by atoms with van der Waals surface area (Å²) in [6, 6.07) is 15.3. The molecule has 2 aromatic heterocycles.